The van der Waals surface area contributed by atoms with Crippen molar-refractivity contribution in [3.05, 3.63) is 29.6 Å². The predicted molar refractivity (Wildman–Crippen MR) is 39.6 cm³/mol. The number of hydrogen-bond acceptors (Lipinski definition) is 2. The molecule has 0 bridgehead atoms. The highest BCUT2D eigenvalue weighted by molar-refractivity contribution is 5.18. The van der Waals surface area contributed by atoms with E-state index in [-0.39, 0.29) is 0 Å². The fourth-order valence-electron chi connectivity index (χ4n) is 0.935. The van der Waals surface area contributed by atoms with Crippen LogP contribution in [-0.2, 0) is 0 Å². The summed E-state index contributed by atoms with van der Waals surface area (Å²) in [6.07, 6.45) is 1.23. The fourth-order valence-corrected chi connectivity index (χ4v) is 0.935. The lowest BCUT2D eigenvalue weighted by Gasteiger charge is -2.05. The Bertz CT molecular complexity index is 220. The van der Waals surface area contributed by atoms with Gasteiger partial charge in [0.2, 0.25) is 0 Å². The summed E-state index contributed by atoms with van der Waals surface area (Å²) in [6, 6.07) is 3.80. The highest BCUT2D eigenvalue weighted by Crippen LogP contribution is 2.11. The first-order chi connectivity index (χ1) is 4.72. The average molecular weight is 137 g/mol. The maximum Gasteiger partial charge on any atom is 0.0934 e. The molecule has 1 aromatic heterocycles. The predicted octanol–water partition coefficient (Wildman–Crippen LogP) is 1.44. The van der Waals surface area contributed by atoms with Crippen molar-refractivity contribution in [3.8, 4) is 0 Å². The molecule has 0 amide bonds. The smallest absolute Gasteiger partial charge is 0.0934 e. The second-order valence-corrected chi connectivity index (χ2v) is 2.38. The molecule has 1 atom stereocenters. The van der Waals surface area contributed by atoms with Crippen LogP contribution in [0.2, 0.25) is 0 Å². The number of pyridine rings is 1. The molecule has 2 heteroatoms. The van der Waals surface area contributed by atoms with Crippen molar-refractivity contribution in [2.24, 2.45) is 0 Å². The minimum atomic E-state index is -0.457. The second kappa shape index (κ2) is 2.80. The lowest BCUT2D eigenvalue weighted by atomic mass is 10.1. The van der Waals surface area contributed by atoms with Crippen molar-refractivity contribution in [1.82, 2.24) is 4.98 Å². The Morgan fingerprint density at radius 3 is 2.70 bits per heavy atom. The summed E-state index contributed by atoms with van der Waals surface area (Å²) in [6.45, 7) is 3.66. The van der Waals surface area contributed by atoms with E-state index in [1.54, 1.807) is 13.1 Å². The molecule has 1 rings (SSSR count). The monoisotopic (exact) mass is 137 g/mol. The van der Waals surface area contributed by atoms with Gasteiger partial charge in [-0.25, -0.2) is 0 Å². The van der Waals surface area contributed by atoms with Gasteiger partial charge in [0.05, 0.1) is 11.8 Å². The van der Waals surface area contributed by atoms with E-state index in [4.69, 9.17) is 5.11 Å². The van der Waals surface area contributed by atoms with Gasteiger partial charge in [0.15, 0.2) is 0 Å². The summed E-state index contributed by atoms with van der Waals surface area (Å²) in [7, 11) is 0. The molecule has 1 aromatic rings. The number of rotatable bonds is 1. The quantitative estimate of drug-likeness (QED) is 0.635. The van der Waals surface area contributed by atoms with E-state index in [0.717, 1.165) is 11.3 Å². The summed E-state index contributed by atoms with van der Waals surface area (Å²) >= 11 is 0. The van der Waals surface area contributed by atoms with Gasteiger partial charge >= 0.3 is 0 Å². The lowest BCUT2D eigenvalue weighted by molar-refractivity contribution is 0.193. The molecule has 1 N–H and O–H groups in total. The molecule has 54 valence electrons. The fraction of sp³-hybridized carbons (Fsp3) is 0.375. The molecule has 0 radical (unpaired) electrons. The minimum Gasteiger partial charge on any atom is -0.387 e. The Morgan fingerprint density at radius 2 is 2.30 bits per heavy atom. The number of nitrogens with zero attached hydrogens (tertiary/aromatic N) is 1. The van der Waals surface area contributed by atoms with Gasteiger partial charge in [0, 0.05) is 6.20 Å². The summed E-state index contributed by atoms with van der Waals surface area (Å²) in [5.74, 6) is 0. The number of aromatic nitrogens is 1. The topological polar surface area (TPSA) is 33.1 Å². The third-order valence-corrected chi connectivity index (χ3v) is 1.45. The van der Waals surface area contributed by atoms with E-state index in [2.05, 4.69) is 4.98 Å². The van der Waals surface area contributed by atoms with Crippen molar-refractivity contribution >= 4 is 0 Å². The molecule has 0 spiro atoms. The van der Waals surface area contributed by atoms with Crippen LogP contribution in [0.1, 0.15) is 24.3 Å². The van der Waals surface area contributed by atoms with Gasteiger partial charge in [-0.2, -0.15) is 0 Å². The van der Waals surface area contributed by atoms with Crippen LogP contribution in [0, 0.1) is 6.92 Å². The van der Waals surface area contributed by atoms with Gasteiger partial charge in [-0.1, -0.05) is 6.07 Å². The molecule has 1 heterocycles. The van der Waals surface area contributed by atoms with Crippen molar-refractivity contribution in [2.75, 3.05) is 0 Å². The van der Waals surface area contributed by atoms with Gasteiger partial charge in [-0.05, 0) is 25.5 Å². The zero-order valence-electron chi connectivity index (χ0n) is 6.20. The van der Waals surface area contributed by atoms with Crippen molar-refractivity contribution in [3.63, 3.8) is 0 Å². The van der Waals surface area contributed by atoms with Crippen LogP contribution >= 0.6 is 0 Å². The Hall–Kier alpha value is -0.890. The van der Waals surface area contributed by atoms with Gasteiger partial charge in [0.1, 0.15) is 0 Å². The molecule has 0 saturated carbocycles. The molecule has 2 nitrogen and oxygen atoms in total. The first-order valence-electron chi connectivity index (χ1n) is 3.31. The average Bonchev–Trinajstić information content (AvgIpc) is 1.88. The van der Waals surface area contributed by atoms with E-state index >= 15 is 0 Å². The van der Waals surface area contributed by atoms with Crippen LogP contribution in [-0.4, -0.2) is 10.1 Å². The molecule has 0 aliphatic carbocycles. The van der Waals surface area contributed by atoms with Crippen LogP contribution < -0.4 is 0 Å². The van der Waals surface area contributed by atoms with E-state index in [9.17, 15) is 0 Å². The molecular weight excluding hydrogens is 126 g/mol. The summed E-state index contributed by atoms with van der Waals surface area (Å²) < 4.78 is 0. The molecule has 0 fully saturated rings. The number of aliphatic hydroxyl groups is 1. The van der Waals surface area contributed by atoms with Gasteiger partial charge in [0.25, 0.3) is 0 Å². The molecule has 0 saturated heterocycles. The van der Waals surface area contributed by atoms with Crippen molar-refractivity contribution < 1.29 is 5.11 Å². The normalized spacial score (nSPS) is 13.1. The Labute approximate surface area is 60.5 Å². The van der Waals surface area contributed by atoms with Crippen molar-refractivity contribution in [2.45, 2.75) is 20.0 Å². The molecule has 0 aliphatic heterocycles. The maximum atomic E-state index is 9.14. The van der Waals surface area contributed by atoms with Gasteiger partial charge in [-0.15, -0.1) is 0 Å². The van der Waals surface area contributed by atoms with Crippen molar-refractivity contribution in [1.29, 1.82) is 0 Å². The van der Waals surface area contributed by atoms with E-state index in [0.29, 0.717) is 0 Å². The molecule has 0 aromatic carbocycles. The number of hydrogen-bond donors (Lipinski definition) is 1. The third-order valence-electron chi connectivity index (χ3n) is 1.45. The van der Waals surface area contributed by atoms with E-state index in [1.165, 1.54) is 0 Å². The third kappa shape index (κ3) is 1.33. The van der Waals surface area contributed by atoms with E-state index < -0.39 is 6.10 Å². The van der Waals surface area contributed by atoms with Crippen LogP contribution in [0.5, 0.6) is 0 Å². The number of aliphatic hydroxyl groups excluding tert-OH is 1. The molecule has 0 unspecified atom stereocenters. The summed E-state index contributed by atoms with van der Waals surface area (Å²) in [4.78, 5) is 4.03. The highest BCUT2D eigenvalue weighted by Gasteiger charge is 2.03. The minimum absolute atomic E-state index is 0.457. The SMILES string of the molecule is Cc1cccnc1[C@@H](C)O. The Balaban J connectivity index is 3.03. The van der Waals surface area contributed by atoms with Crippen LogP contribution in [0.3, 0.4) is 0 Å². The zero-order chi connectivity index (χ0) is 7.56. The summed E-state index contributed by atoms with van der Waals surface area (Å²) in [5, 5.41) is 9.14. The van der Waals surface area contributed by atoms with Crippen LogP contribution in [0.15, 0.2) is 18.3 Å². The van der Waals surface area contributed by atoms with Crippen LogP contribution in [0.4, 0.5) is 0 Å². The molecule has 10 heavy (non-hydrogen) atoms. The Morgan fingerprint density at radius 1 is 1.60 bits per heavy atom. The lowest BCUT2D eigenvalue weighted by Crippen LogP contribution is -1.97. The second-order valence-electron chi connectivity index (χ2n) is 2.38. The van der Waals surface area contributed by atoms with Crippen LogP contribution in [0.25, 0.3) is 0 Å². The zero-order valence-corrected chi connectivity index (χ0v) is 6.20. The van der Waals surface area contributed by atoms with E-state index in [1.807, 2.05) is 19.1 Å². The Kier molecular flexibility index (Phi) is 2.02. The first-order valence-corrected chi connectivity index (χ1v) is 3.31. The standard InChI is InChI=1S/C8H11NO/c1-6-4-3-5-9-8(6)7(2)10/h3-5,7,10H,1-2H3/t7-/m1/s1. The highest BCUT2D eigenvalue weighted by atomic mass is 16.3. The molecule has 0 aliphatic rings. The summed E-state index contributed by atoms with van der Waals surface area (Å²) in [5.41, 5.74) is 1.81. The largest absolute Gasteiger partial charge is 0.387 e. The maximum absolute atomic E-state index is 9.14. The number of aryl methyl sites for hydroxylation is 1. The first kappa shape index (κ1) is 7.22. The molecular formula is C8H11NO. The van der Waals surface area contributed by atoms with Gasteiger partial charge < -0.3 is 5.11 Å². The van der Waals surface area contributed by atoms with Gasteiger partial charge in [-0.3, -0.25) is 4.98 Å².